The lowest BCUT2D eigenvalue weighted by Gasteiger charge is -2.31. The van der Waals surface area contributed by atoms with Crippen molar-refractivity contribution >= 4 is 12.6 Å². The van der Waals surface area contributed by atoms with Gasteiger partial charge in [-0.05, 0) is 25.3 Å². The van der Waals surface area contributed by atoms with Crippen molar-refractivity contribution in [3.05, 3.63) is 36.7 Å². The number of hydrogen-bond acceptors (Lipinski definition) is 2. The van der Waals surface area contributed by atoms with Gasteiger partial charge in [0.05, 0.1) is 6.34 Å². The van der Waals surface area contributed by atoms with Crippen LogP contribution in [-0.4, -0.2) is 30.5 Å². The molecule has 0 radical (unpaired) electrons. The van der Waals surface area contributed by atoms with Crippen LogP contribution in [0.25, 0.3) is 0 Å². The summed E-state index contributed by atoms with van der Waals surface area (Å²) in [6, 6.07) is 0.430. The first kappa shape index (κ1) is 25.4. The van der Waals surface area contributed by atoms with Gasteiger partial charge in [-0.1, -0.05) is 96.9 Å². The van der Waals surface area contributed by atoms with Crippen molar-refractivity contribution in [1.29, 1.82) is 0 Å². The molecule has 0 spiro atoms. The summed E-state index contributed by atoms with van der Waals surface area (Å²) in [6.45, 7) is 14.3. The molecule has 0 aliphatic rings. The Morgan fingerprint density at radius 2 is 1.48 bits per heavy atom. The molecule has 0 heterocycles. The van der Waals surface area contributed by atoms with E-state index in [1.165, 1.54) is 70.6 Å². The van der Waals surface area contributed by atoms with Crippen LogP contribution in [0.5, 0.6) is 0 Å². The fourth-order valence-corrected chi connectivity index (χ4v) is 3.25. The summed E-state index contributed by atoms with van der Waals surface area (Å²) < 4.78 is 0. The monoisotopic (exact) mass is 373 g/mol. The Kier molecular flexibility index (Phi) is 16.7. The number of rotatable bonds is 17. The van der Waals surface area contributed by atoms with Gasteiger partial charge in [0.2, 0.25) is 0 Å². The van der Waals surface area contributed by atoms with Crippen LogP contribution in [0, 0.1) is 0 Å². The summed E-state index contributed by atoms with van der Waals surface area (Å²) in [5.74, 6) is 0.935. The molecule has 154 valence electrons. The highest BCUT2D eigenvalue weighted by Crippen LogP contribution is 2.23. The molecule has 0 saturated heterocycles. The second-order valence-electron chi connectivity index (χ2n) is 7.21. The minimum Gasteiger partial charge on any atom is -0.314 e. The summed E-state index contributed by atoms with van der Waals surface area (Å²) >= 11 is 0. The van der Waals surface area contributed by atoms with Crippen LogP contribution in [0.15, 0.2) is 46.7 Å². The van der Waals surface area contributed by atoms with Gasteiger partial charge in [-0.25, -0.2) is 4.99 Å². The van der Waals surface area contributed by atoms with Crippen molar-refractivity contribution in [2.75, 3.05) is 7.05 Å². The third-order valence-corrected chi connectivity index (χ3v) is 4.87. The first-order valence-corrected chi connectivity index (χ1v) is 10.8. The molecule has 0 aliphatic heterocycles. The summed E-state index contributed by atoms with van der Waals surface area (Å²) in [4.78, 5) is 11.3. The van der Waals surface area contributed by atoms with Crippen molar-refractivity contribution in [2.45, 2.75) is 97.4 Å². The molecule has 0 aromatic heterocycles. The highest BCUT2D eigenvalue weighted by molar-refractivity contribution is 5.72. The first-order chi connectivity index (χ1) is 13.2. The van der Waals surface area contributed by atoms with Crippen LogP contribution < -0.4 is 0 Å². The zero-order valence-electron chi connectivity index (χ0n) is 18.4. The molecule has 1 atom stereocenters. The maximum atomic E-state index is 4.65. The molecule has 0 saturated carbocycles. The Bertz CT molecular complexity index is 474. The summed E-state index contributed by atoms with van der Waals surface area (Å²) in [5.41, 5.74) is 1.07. The van der Waals surface area contributed by atoms with Gasteiger partial charge in [-0.3, -0.25) is 4.99 Å². The maximum absolute atomic E-state index is 4.65. The van der Waals surface area contributed by atoms with Gasteiger partial charge < -0.3 is 4.90 Å². The van der Waals surface area contributed by atoms with Crippen LogP contribution in [0.3, 0.4) is 0 Å². The molecule has 0 amide bonds. The van der Waals surface area contributed by atoms with Gasteiger partial charge in [-0.2, -0.15) is 0 Å². The van der Waals surface area contributed by atoms with E-state index in [-0.39, 0.29) is 0 Å². The molecule has 0 rings (SSSR count). The number of nitrogens with zero attached hydrogens (tertiary/aromatic N) is 3. The molecule has 0 aromatic rings. The van der Waals surface area contributed by atoms with Gasteiger partial charge in [0, 0.05) is 19.3 Å². The third-order valence-electron chi connectivity index (χ3n) is 4.87. The highest BCUT2D eigenvalue weighted by atomic mass is 15.3. The zero-order valence-corrected chi connectivity index (χ0v) is 18.4. The Morgan fingerprint density at radius 3 is 1.96 bits per heavy atom. The van der Waals surface area contributed by atoms with Gasteiger partial charge in [-0.15, -0.1) is 0 Å². The molecule has 3 nitrogen and oxygen atoms in total. The minimum atomic E-state index is 0.430. The standard InChI is InChI=1S/C24H43N3/c1-7-11-13-15-17-19-23(18-16-14-12-8-2)27(21-25-6)24(22(5)10-4)26-20-9-3/h9-10,20-21,23H,3-4,7-8,11-19H2,1-2,5-6H3/b24-22+,25-21?,26-20?. The molecule has 1 unspecified atom stereocenters. The average Bonchev–Trinajstić information content (AvgIpc) is 2.68. The lowest BCUT2D eigenvalue weighted by atomic mass is 9.99. The lowest BCUT2D eigenvalue weighted by Crippen LogP contribution is -2.34. The van der Waals surface area contributed by atoms with E-state index >= 15 is 0 Å². The van der Waals surface area contributed by atoms with Crippen LogP contribution in [-0.2, 0) is 0 Å². The predicted octanol–water partition coefficient (Wildman–Crippen LogP) is 7.32. The van der Waals surface area contributed by atoms with Crippen molar-refractivity contribution < 1.29 is 0 Å². The van der Waals surface area contributed by atoms with Crippen LogP contribution in [0.4, 0.5) is 0 Å². The summed E-state index contributed by atoms with van der Waals surface area (Å²) in [5, 5.41) is 0. The average molecular weight is 374 g/mol. The van der Waals surface area contributed by atoms with Gasteiger partial charge in [0.25, 0.3) is 0 Å². The van der Waals surface area contributed by atoms with Gasteiger partial charge in [0.15, 0.2) is 0 Å². The number of allylic oxidation sites excluding steroid dienone is 3. The molecule has 0 aromatic carbocycles. The van der Waals surface area contributed by atoms with Crippen LogP contribution in [0.2, 0.25) is 0 Å². The fourth-order valence-electron chi connectivity index (χ4n) is 3.25. The quantitative estimate of drug-likeness (QED) is 0.114. The molecule has 0 bridgehead atoms. The Balaban J connectivity index is 5.38. The van der Waals surface area contributed by atoms with Crippen molar-refractivity contribution in [2.24, 2.45) is 9.98 Å². The third kappa shape index (κ3) is 11.6. The molecule has 27 heavy (non-hydrogen) atoms. The van der Waals surface area contributed by atoms with Crippen LogP contribution in [0.1, 0.15) is 91.4 Å². The van der Waals surface area contributed by atoms with E-state index in [1.54, 1.807) is 12.3 Å². The topological polar surface area (TPSA) is 28.0 Å². The molecule has 0 N–H and O–H groups in total. The van der Waals surface area contributed by atoms with Crippen molar-refractivity contribution in [3.8, 4) is 0 Å². The Hall–Kier alpha value is -1.64. The number of aliphatic imine (C=N–C) groups is 2. The Labute approximate surface area is 169 Å². The van der Waals surface area contributed by atoms with E-state index in [9.17, 15) is 0 Å². The van der Waals surface area contributed by atoms with E-state index in [4.69, 9.17) is 0 Å². The summed E-state index contributed by atoms with van der Waals surface area (Å²) in [6.07, 6.45) is 21.3. The van der Waals surface area contributed by atoms with E-state index in [1.807, 2.05) is 19.5 Å². The number of hydrogen-bond donors (Lipinski definition) is 0. The molecular weight excluding hydrogens is 330 g/mol. The minimum absolute atomic E-state index is 0.430. The smallest absolute Gasteiger partial charge is 0.136 e. The number of unbranched alkanes of at least 4 members (excludes halogenated alkanes) is 7. The van der Waals surface area contributed by atoms with Gasteiger partial charge >= 0.3 is 0 Å². The Morgan fingerprint density at radius 1 is 0.926 bits per heavy atom. The largest absolute Gasteiger partial charge is 0.314 e. The SMILES string of the molecule is C=CC=N/C(=C(/C)C=C)N(C=NC)C(CCCCCC)CCCCCCC. The van der Waals surface area contributed by atoms with E-state index in [0.29, 0.717) is 6.04 Å². The first-order valence-electron chi connectivity index (χ1n) is 10.8. The maximum Gasteiger partial charge on any atom is 0.136 e. The second-order valence-corrected chi connectivity index (χ2v) is 7.21. The molecule has 0 aliphatic carbocycles. The summed E-state index contributed by atoms with van der Waals surface area (Å²) in [7, 11) is 1.83. The molecular formula is C24H43N3. The van der Waals surface area contributed by atoms with Crippen molar-refractivity contribution in [1.82, 2.24) is 4.90 Å². The van der Waals surface area contributed by atoms with E-state index in [2.05, 4.69) is 48.8 Å². The fraction of sp³-hybridized carbons (Fsp3) is 0.667. The molecule has 3 heteroatoms. The highest BCUT2D eigenvalue weighted by Gasteiger charge is 2.20. The van der Waals surface area contributed by atoms with E-state index in [0.717, 1.165) is 11.4 Å². The van der Waals surface area contributed by atoms with Crippen molar-refractivity contribution in [3.63, 3.8) is 0 Å². The van der Waals surface area contributed by atoms with Crippen LogP contribution >= 0.6 is 0 Å². The molecule has 0 fully saturated rings. The second kappa shape index (κ2) is 17.8. The van der Waals surface area contributed by atoms with Gasteiger partial charge in [0.1, 0.15) is 5.82 Å². The van der Waals surface area contributed by atoms with E-state index < -0.39 is 0 Å². The normalized spacial score (nSPS) is 13.8. The lowest BCUT2D eigenvalue weighted by molar-refractivity contribution is 0.317. The predicted molar refractivity (Wildman–Crippen MR) is 124 cm³/mol. The zero-order chi connectivity index (χ0) is 20.3.